The number of halogens is 7. The first-order valence-electron chi connectivity index (χ1n) is 11.4. The van der Waals surface area contributed by atoms with Crippen LogP contribution in [0.2, 0.25) is 0 Å². The van der Waals surface area contributed by atoms with Crippen molar-refractivity contribution >= 4 is 11.7 Å². The van der Waals surface area contributed by atoms with E-state index in [9.17, 15) is 40.7 Å². The molecule has 14 heteroatoms. The Balaban J connectivity index is 1.51. The first-order valence-corrected chi connectivity index (χ1v) is 11.4. The summed E-state index contributed by atoms with van der Waals surface area (Å²) in [4.78, 5) is 17.8. The molecular formula is C24H22F7N5O2. The third kappa shape index (κ3) is 6.06. The number of rotatable bonds is 6. The number of piperidine rings is 1. The van der Waals surface area contributed by atoms with Crippen molar-refractivity contribution in [3.8, 4) is 0 Å². The predicted molar refractivity (Wildman–Crippen MR) is 120 cm³/mol. The summed E-state index contributed by atoms with van der Waals surface area (Å²) >= 11 is 0. The summed E-state index contributed by atoms with van der Waals surface area (Å²) in [5.41, 5.74) is 0.113. The second kappa shape index (κ2) is 10.2. The van der Waals surface area contributed by atoms with Crippen molar-refractivity contribution in [2.75, 3.05) is 18.4 Å². The number of pyridine rings is 1. The summed E-state index contributed by atoms with van der Waals surface area (Å²) in [5.74, 6) is -8.99. The van der Waals surface area contributed by atoms with Gasteiger partial charge in [-0.1, -0.05) is 0 Å². The quantitative estimate of drug-likeness (QED) is 0.285. The minimum Gasteiger partial charge on any atom is -0.619 e. The number of likely N-dealkylation sites (tertiary alicyclic amines) is 1. The zero-order valence-corrected chi connectivity index (χ0v) is 19.9. The van der Waals surface area contributed by atoms with Crippen LogP contribution in [0.1, 0.15) is 36.2 Å². The maximum Gasteiger partial charge on any atom is 0.449 e. The number of aromatic nitrogens is 3. The van der Waals surface area contributed by atoms with E-state index in [-0.39, 0.29) is 24.2 Å². The molecule has 2 aromatic heterocycles. The van der Waals surface area contributed by atoms with E-state index in [2.05, 4.69) is 10.3 Å². The van der Waals surface area contributed by atoms with Crippen LogP contribution >= 0.6 is 0 Å². The number of amides is 1. The first kappa shape index (κ1) is 27.4. The monoisotopic (exact) mass is 545 g/mol. The molecule has 3 aromatic rings. The number of hydrogen-bond acceptors (Lipinski definition) is 4. The number of hydrogen-bond donors (Lipinski definition) is 1. The Hall–Kier alpha value is -3.68. The molecule has 7 nitrogen and oxygen atoms in total. The van der Waals surface area contributed by atoms with E-state index in [4.69, 9.17) is 0 Å². The summed E-state index contributed by atoms with van der Waals surface area (Å²) in [6.45, 7) is 0.451. The third-order valence-corrected chi connectivity index (χ3v) is 6.37. The average molecular weight is 545 g/mol. The summed E-state index contributed by atoms with van der Waals surface area (Å²) in [6.07, 6.45) is -2.45. The number of anilines is 1. The minimum atomic E-state index is -4.94. The zero-order chi connectivity index (χ0) is 27.8. The molecule has 1 saturated heterocycles. The molecule has 1 aliphatic heterocycles. The standard InChI is InChI=1S/C24H22F7N5O2/c1-14(34-7-4-23(27,28)19(12-34)16-2-5-36(38)6-3-16)21(37)32-20-13-35(22(33-20)24(29,30)31)11-15-8-17(25)10-18(26)9-15/h2-3,5-6,8-10,13-14,19H,4,7,11-12H2,1H3,(H,32,37)/t14-,19-/m1/s1. The van der Waals surface area contributed by atoms with Gasteiger partial charge in [0.1, 0.15) is 11.6 Å². The lowest BCUT2D eigenvalue weighted by Gasteiger charge is -2.40. The van der Waals surface area contributed by atoms with Crippen LogP contribution in [0.5, 0.6) is 0 Å². The van der Waals surface area contributed by atoms with Crippen LogP contribution in [-0.4, -0.2) is 45.4 Å². The summed E-state index contributed by atoms with van der Waals surface area (Å²) < 4.78 is 98.1. The second-order valence-electron chi connectivity index (χ2n) is 9.07. The van der Waals surface area contributed by atoms with Gasteiger partial charge in [-0.25, -0.2) is 22.5 Å². The second-order valence-corrected chi connectivity index (χ2v) is 9.07. The smallest absolute Gasteiger partial charge is 0.449 e. The molecule has 4 rings (SSSR count). The van der Waals surface area contributed by atoms with Crippen molar-refractivity contribution in [1.82, 2.24) is 14.5 Å². The van der Waals surface area contributed by atoms with Gasteiger partial charge >= 0.3 is 6.18 Å². The Morgan fingerprint density at radius 2 is 1.84 bits per heavy atom. The van der Waals surface area contributed by atoms with Gasteiger partial charge in [-0.2, -0.15) is 17.9 Å². The van der Waals surface area contributed by atoms with Crippen molar-refractivity contribution < 1.29 is 40.3 Å². The lowest BCUT2D eigenvalue weighted by Crippen LogP contribution is -2.52. The van der Waals surface area contributed by atoms with Crippen molar-refractivity contribution in [3.05, 3.63) is 82.7 Å². The molecule has 204 valence electrons. The number of carbonyl (C=O) groups is 1. The molecule has 0 bridgehead atoms. The topological polar surface area (TPSA) is 77.1 Å². The fourth-order valence-corrected chi connectivity index (χ4v) is 4.40. The SMILES string of the molecule is C[C@H](C(=O)Nc1cn(Cc2cc(F)cc(F)c2)c(C(F)(F)F)n1)N1CCC(F)(F)[C@@H](c2cc[n+]([O-])cc2)C1. The van der Waals surface area contributed by atoms with E-state index in [1.165, 1.54) is 24.0 Å². The van der Waals surface area contributed by atoms with Gasteiger partial charge in [0.25, 0.3) is 5.92 Å². The van der Waals surface area contributed by atoms with E-state index in [1.807, 2.05) is 0 Å². The third-order valence-electron chi connectivity index (χ3n) is 6.37. The van der Waals surface area contributed by atoms with Gasteiger partial charge in [0.05, 0.1) is 12.0 Å². The van der Waals surface area contributed by atoms with Crippen molar-refractivity contribution in [3.63, 3.8) is 0 Å². The fraction of sp³-hybridized carbons (Fsp3) is 0.375. The van der Waals surface area contributed by atoms with Crippen LogP contribution in [-0.2, 0) is 17.5 Å². The molecule has 0 unspecified atom stereocenters. The summed E-state index contributed by atoms with van der Waals surface area (Å²) in [5, 5.41) is 13.5. The number of imidazole rings is 1. The first-order chi connectivity index (χ1) is 17.7. The normalized spacial score (nSPS) is 18.8. The van der Waals surface area contributed by atoms with Gasteiger partial charge in [0.15, 0.2) is 18.2 Å². The molecule has 0 spiro atoms. The lowest BCUT2D eigenvalue weighted by atomic mass is 9.87. The van der Waals surface area contributed by atoms with Crippen LogP contribution in [0.3, 0.4) is 0 Å². The molecule has 38 heavy (non-hydrogen) atoms. The van der Waals surface area contributed by atoms with Gasteiger partial charge in [0, 0.05) is 50.5 Å². The van der Waals surface area contributed by atoms with E-state index in [1.54, 1.807) is 0 Å². The van der Waals surface area contributed by atoms with Gasteiger partial charge in [-0.15, -0.1) is 0 Å². The molecular weight excluding hydrogens is 523 g/mol. The molecule has 1 aromatic carbocycles. The zero-order valence-electron chi connectivity index (χ0n) is 19.9. The predicted octanol–water partition coefficient (Wildman–Crippen LogP) is 4.31. The van der Waals surface area contributed by atoms with Crippen LogP contribution < -0.4 is 10.0 Å². The Bertz CT molecular complexity index is 1290. The molecule has 3 heterocycles. The Kier molecular flexibility index (Phi) is 7.37. The molecule has 1 amide bonds. The van der Waals surface area contributed by atoms with Crippen LogP contribution in [0, 0.1) is 16.8 Å². The highest BCUT2D eigenvalue weighted by Gasteiger charge is 2.46. The van der Waals surface area contributed by atoms with Crippen LogP contribution in [0.4, 0.5) is 36.6 Å². The highest BCUT2D eigenvalue weighted by Crippen LogP contribution is 2.40. The van der Waals surface area contributed by atoms with Gasteiger partial charge < -0.3 is 15.1 Å². The summed E-state index contributed by atoms with van der Waals surface area (Å²) in [6, 6.07) is 3.85. The van der Waals surface area contributed by atoms with E-state index in [0.717, 1.165) is 30.7 Å². The maximum absolute atomic E-state index is 14.6. The summed E-state index contributed by atoms with van der Waals surface area (Å²) in [7, 11) is 0. The van der Waals surface area contributed by atoms with E-state index in [0.29, 0.717) is 15.4 Å². The highest BCUT2D eigenvalue weighted by atomic mass is 19.4. The van der Waals surface area contributed by atoms with E-state index >= 15 is 0 Å². The number of carbonyl (C=O) groups excluding carboxylic acids is 1. The number of benzene rings is 1. The Morgan fingerprint density at radius 1 is 1.21 bits per heavy atom. The van der Waals surface area contributed by atoms with Crippen molar-refractivity contribution in [2.45, 2.75) is 43.9 Å². The van der Waals surface area contributed by atoms with Crippen LogP contribution in [0.15, 0.2) is 48.9 Å². The highest BCUT2D eigenvalue weighted by molar-refractivity contribution is 5.93. The fourth-order valence-electron chi connectivity index (χ4n) is 4.40. The molecule has 1 aliphatic rings. The van der Waals surface area contributed by atoms with Crippen LogP contribution in [0.25, 0.3) is 0 Å². The maximum atomic E-state index is 14.6. The molecule has 1 N–H and O–H groups in total. The van der Waals surface area contributed by atoms with E-state index < -0.39 is 66.2 Å². The molecule has 1 fully saturated rings. The Morgan fingerprint density at radius 3 is 2.45 bits per heavy atom. The van der Waals surface area contributed by atoms with Crippen molar-refractivity contribution in [1.29, 1.82) is 0 Å². The average Bonchev–Trinajstić information content (AvgIpc) is 3.21. The molecule has 2 atom stereocenters. The number of nitrogens with zero attached hydrogens (tertiary/aromatic N) is 4. The van der Waals surface area contributed by atoms with Gasteiger partial charge in [0.2, 0.25) is 11.7 Å². The minimum absolute atomic E-state index is 0.0969. The van der Waals surface area contributed by atoms with Crippen molar-refractivity contribution in [2.24, 2.45) is 0 Å². The Labute approximate surface area is 212 Å². The van der Waals surface area contributed by atoms with Gasteiger partial charge in [-0.3, -0.25) is 9.69 Å². The molecule has 0 saturated carbocycles. The lowest BCUT2D eigenvalue weighted by molar-refractivity contribution is -0.605. The van der Waals surface area contributed by atoms with Gasteiger partial charge in [-0.05, 0) is 30.2 Å². The number of alkyl halides is 5. The largest absolute Gasteiger partial charge is 0.619 e. The molecule has 0 radical (unpaired) electrons. The molecule has 0 aliphatic carbocycles. The number of nitrogens with one attached hydrogen (secondary N) is 1.